The summed E-state index contributed by atoms with van der Waals surface area (Å²) < 4.78 is 26.8. The van der Waals surface area contributed by atoms with E-state index >= 15 is 0 Å². The lowest BCUT2D eigenvalue weighted by Gasteiger charge is -2.25. The van der Waals surface area contributed by atoms with Crippen molar-refractivity contribution in [2.24, 2.45) is 0 Å². The fourth-order valence-corrected chi connectivity index (χ4v) is 5.19. The minimum absolute atomic E-state index is 0.00148. The number of benzene rings is 2. The number of amides is 1. The minimum Gasteiger partial charge on any atom is -0.325 e. The number of piperidine rings is 1. The molecule has 0 atom stereocenters. The monoisotopic (exact) mass is 435 g/mol. The maximum Gasteiger partial charge on any atom is 0.269 e. The molecule has 2 aromatic rings. The van der Waals surface area contributed by atoms with E-state index in [1.165, 1.54) is 40.3 Å². The van der Waals surface area contributed by atoms with Crippen molar-refractivity contribution in [3.63, 3.8) is 0 Å². The lowest BCUT2D eigenvalue weighted by Crippen LogP contribution is -2.35. The summed E-state index contributed by atoms with van der Waals surface area (Å²) in [7, 11) is -3.49. The minimum atomic E-state index is -3.49. The molecule has 0 radical (unpaired) electrons. The highest BCUT2D eigenvalue weighted by molar-refractivity contribution is 8.00. The molecule has 0 aliphatic carbocycles. The van der Waals surface area contributed by atoms with Gasteiger partial charge in [0.15, 0.2) is 0 Å². The summed E-state index contributed by atoms with van der Waals surface area (Å²) in [4.78, 5) is 23.3. The van der Waals surface area contributed by atoms with Crippen LogP contribution in [0.5, 0.6) is 0 Å². The van der Waals surface area contributed by atoms with Crippen molar-refractivity contribution < 1.29 is 18.1 Å². The molecule has 1 amide bonds. The smallest absolute Gasteiger partial charge is 0.269 e. The third-order valence-corrected chi connectivity index (χ3v) is 7.43. The van der Waals surface area contributed by atoms with Gasteiger partial charge < -0.3 is 5.32 Å². The number of anilines is 1. The van der Waals surface area contributed by atoms with E-state index in [4.69, 9.17) is 0 Å². The number of rotatable bonds is 7. The van der Waals surface area contributed by atoms with Crippen LogP contribution in [0.1, 0.15) is 19.3 Å². The first-order valence-corrected chi connectivity index (χ1v) is 11.6. The number of carbonyl (C=O) groups excluding carboxylic acids is 1. The normalized spacial score (nSPS) is 15.0. The van der Waals surface area contributed by atoms with Crippen molar-refractivity contribution in [3.8, 4) is 0 Å². The Labute approximate surface area is 173 Å². The first-order valence-electron chi connectivity index (χ1n) is 9.13. The number of hydrogen-bond donors (Lipinski definition) is 1. The first-order chi connectivity index (χ1) is 13.9. The Morgan fingerprint density at radius 1 is 1.03 bits per heavy atom. The van der Waals surface area contributed by atoms with E-state index in [1.807, 2.05) is 0 Å². The van der Waals surface area contributed by atoms with Gasteiger partial charge in [0.1, 0.15) is 0 Å². The number of non-ortho nitro benzene ring substituents is 1. The highest BCUT2D eigenvalue weighted by Crippen LogP contribution is 2.23. The van der Waals surface area contributed by atoms with E-state index in [0.717, 1.165) is 24.2 Å². The van der Waals surface area contributed by atoms with Crippen LogP contribution in [0.3, 0.4) is 0 Å². The zero-order valence-electron chi connectivity index (χ0n) is 15.6. The van der Waals surface area contributed by atoms with Gasteiger partial charge in [0.25, 0.3) is 5.69 Å². The van der Waals surface area contributed by atoms with Crippen LogP contribution in [0.4, 0.5) is 11.4 Å². The van der Waals surface area contributed by atoms with Gasteiger partial charge in [-0.15, -0.1) is 11.8 Å². The summed E-state index contributed by atoms with van der Waals surface area (Å²) in [6.45, 7) is 1.08. The lowest BCUT2D eigenvalue weighted by atomic mass is 10.2. The molecule has 1 saturated heterocycles. The highest BCUT2D eigenvalue weighted by atomic mass is 32.2. The molecule has 3 rings (SSSR count). The third-order valence-electron chi connectivity index (χ3n) is 4.51. The molecule has 1 aliphatic heterocycles. The van der Waals surface area contributed by atoms with Crippen molar-refractivity contribution >= 4 is 39.1 Å². The van der Waals surface area contributed by atoms with E-state index in [-0.39, 0.29) is 22.2 Å². The fourth-order valence-electron chi connectivity index (χ4n) is 2.97. The molecule has 0 unspecified atom stereocenters. The number of nitro groups is 1. The molecule has 0 bridgehead atoms. The maximum atomic E-state index is 12.6. The van der Waals surface area contributed by atoms with Crippen LogP contribution in [0, 0.1) is 10.1 Å². The molecule has 29 heavy (non-hydrogen) atoms. The number of nitro benzene ring substituents is 1. The molecule has 1 N–H and O–H groups in total. The van der Waals surface area contributed by atoms with Crippen LogP contribution in [-0.2, 0) is 14.8 Å². The third kappa shape index (κ3) is 5.55. The number of thioether (sulfide) groups is 1. The molecule has 154 valence electrons. The number of hydrogen-bond acceptors (Lipinski definition) is 6. The zero-order chi connectivity index (χ0) is 20.9. The quantitative estimate of drug-likeness (QED) is 0.405. The van der Waals surface area contributed by atoms with E-state index in [1.54, 1.807) is 24.3 Å². The summed E-state index contributed by atoms with van der Waals surface area (Å²) >= 11 is 1.26. The average Bonchev–Trinajstić information content (AvgIpc) is 2.73. The van der Waals surface area contributed by atoms with Crippen LogP contribution in [0.2, 0.25) is 0 Å². The Hall–Kier alpha value is -2.43. The standard InChI is InChI=1S/C19H21N3O5S2/c23-19(14-28-17-8-6-16(7-9-17)22(24)25)20-15-4-10-18(11-5-15)29(26,27)21-12-2-1-3-13-21/h4-11H,1-3,12-14H2,(H,20,23). The molecular weight excluding hydrogens is 414 g/mol. The van der Waals surface area contributed by atoms with Crippen molar-refractivity contribution in [3.05, 3.63) is 58.6 Å². The van der Waals surface area contributed by atoms with E-state index in [0.29, 0.717) is 18.8 Å². The van der Waals surface area contributed by atoms with Gasteiger partial charge in [-0.2, -0.15) is 4.31 Å². The van der Waals surface area contributed by atoms with Gasteiger partial charge in [0, 0.05) is 35.8 Å². The van der Waals surface area contributed by atoms with E-state index in [9.17, 15) is 23.3 Å². The van der Waals surface area contributed by atoms with Gasteiger partial charge in [-0.3, -0.25) is 14.9 Å². The topological polar surface area (TPSA) is 110 Å². The van der Waals surface area contributed by atoms with Crippen LogP contribution in [-0.4, -0.2) is 42.4 Å². The van der Waals surface area contributed by atoms with Crippen molar-refractivity contribution in [2.75, 3.05) is 24.2 Å². The Morgan fingerprint density at radius 3 is 2.24 bits per heavy atom. The predicted octanol–water partition coefficient (Wildman–Crippen LogP) is 3.50. The number of carbonyl (C=O) groups is 1. The van der Waals surface area contributed by atoms with Crippen molar-refractivity contribution in [2.45, 2.75) is 29.1 Å². The SMILES string of the molecule is O=C(CSc1ccc([N+](=O)[O-])cc1)Nc1ccc(S(=O)(=O)N2CCCCC2)cc1. The Morgan fingerprint density at radius 2 is 1.66 bits per heavy atom. The number of sulfonamides is 1. The summed E-state index contributed by atoms with van der Waals surface area (Å²) in [6.07, 6.45) is 2.80. The summed E-state index contributed by atoms with van der Waals surface area (Å²) in [5, 5.41) is 13.4. The molecule has 1 aliphatic rings. The maximum absolute atomic E-state index is 12.6. The van der Waals surface area contributed by atoms with Crippen molar-refractivity contribution in [1.29, 1.82) is 0 Å². The van der Waals surface area contributed by atoms with Gasteiger partial charge in [-0.25, -0.2) is 8.42 Å². The van der Waals surface area contributed by atoms with Gasteiger partial charge in [0.05, 0.1) is 15.6 Å². The van der Waals surface area contributed by atoms with E-state index in [2.05, 4.69) is 5.32 Å². The largest absolute Gasteiger partial charge is 0.325 e. The molecule has 0 aromatic heterocycles. The zero-order valence-corrected chi connectivity index (χ0v) is 17.2. The molecule has 8 nitrogen and oxygen atoms in total. The van der Waals surface area contributed by atoms with Gasteiger partial charge >= 0.3 is 0 Å². The molecule has 1 fully saturated rings. The summed E-state index contributed by atoms with van der Waals surface area (Å²) in [5.41, 5.74) is 0.510. The number of nitrogens with zero attached hydrogens (tertiary/aromatic N) is 2. The molecule has 0 spiro atoms. The van der Waals surface area contributed by atoms with Crippen LogP contribution in [0.15, 0.2) is 58.3 Å². The Bertz CT molecular complexity index is 970. The fraction of sp³-hybridized carbons (Fsp3) is 0.316. The van der Waals surface area contributed by atoms with Gasteiger partial charge in [0.2, 0.25) is 15.9 Å². The van der Waals surface area contributed by atoms with Crippen molar-refractivity contribution in [1.82, 2.24) is 4.31 Å². The molecule has 2 aromatic carbocycles. The second-order valence-electron chi connectivity index (χ2n) is 6.58. The molecule has 1 heterocycles. The lowest BCUT2D eigenvalue weighted by molar-refractivity contribution is -0.384. The summed E-state index contributed by atoms with van der Waals surface area (Å²) in [6, 6.07) is 12.1. The van der Waals surface area contributed by atoms with Crippen LogP contribution < -0.4 is 5.32 Å². The highest BCUT2D eigenvalue weighted by Gasteiger charge is 2.25. The van der Waals surface area contributed by atoms with Crippen LogP contribution in [0.25, 0.3) is 0 Å². The summed E-state index contributed by atoms with van der Waals surface area (Å²) in [5.74, 6) is -0.119. The second-order valence-corrected chi connectivity index (χ2v) is 9.56. The molecular formula is C19H21N3O5S2. The molecule has 0 saturated carbocycles. The van der Waals surface area contributed by atoms with Crippen LogP contribution >= 0.6 is 11.8 Å². The van der Waals surface area contributed by atoms with Gasteiger partial charge in [-0.05, 0) is 49.2 Å². The average molecular weight is 436 g/mol. The molecule has 10 heteroatoms. The first kappa shape index (κ1) is 21.3. The second kappa shape index (κ2) is 9.38. The van der Waals surface area contributed by atoms with Gasteiger partial charge in [-0.1, -0.05) is 6.42 Å². The van der Waals surface area contributed by atoms with E-state index < -0.39 is 14.9 Å². The Balaban J connectivity index is 1.55. The predicted molar refractivity (Wildman–Crippen MR) is 112 cm³/mol. The number of nitrogens with one attached hydrogen (secondary N) is 1. The Kier molecular flexibility index (Phi) is 6.88.